The molecule has 0 saturated carbocycles. The van der Waals surface area contributed by atoms with Crippen molar-refractivity contribution in [3.05, 3.63) is 35.9 Å². The van der Waals surface area contributed by atoms with Crippen molar-refractivity contribution in [1.82, 2.24) is 0 Å². The topological polar surface area (TPSA) is 89.3 Å². The second kappa shape index (κ2) is 7.84. The molecule has 4 heteroatoms. The van der Waals surface area contributed by atoms with Gasteiger partial charge >= 0.3 is 5.97 Å². The second-order valence-electron chi connectivity index (χ2n) is 3.79. The summed E-state index contributed by atoms with van der Waals surface area (Å²) in [5.74, 6) is -0.963. The summed E-state index contributed by atoms with van der Waals surface area (Å²) in [7, 11) is 0. The van der Waals surface area contributed by atoms with Crippen molar-refractivity contribution >= 4 is 5.97 Å². The molecule has 2 unspecified atom stereocenters. The van der Waals surface area contributed by atoms with E-state index in [0.717, 1.165) is 6.42 Å². The van der Waals surface area contributed by atoms with Crippen LogP contribution >= 0.6 is 0 Å². The summed E-state index contributed by atoms with van der Waals surface area (Å²) in [6.07, 6.45) is 0.973. The molecule has 2 atom stereocenters. The van der Waals surface area contributed by atoms with Gasteiger partial charge in [0.15, 0.2) is 0 Å². The van der Waals surface area contributed by atoms with Gasteiger partial charge in [-0.3, -0.25) is 4.79 Å². The number of benzene rings is 1. The molecule has 0 amide bonds. The summed E-state index contributed by atoms with van der Waals surface area (Å²) in [5, 5.41) is 7.87. The van der Waals surface area contributed by atoms with Gasteiger partial charge in [-0.25, -0.2) is 0 Å². The molecule has 0 saturated heterocycles. The maximum absolute atomic E-state index is 9.57. The molecule has 0 fully saturated rings. The van der Waals surface area contributed by atoms with Crippen molar-refractivity contribution < 1.29 is 9.90 Å². The average molecular weight is 224 g/mol. The van der Waals surface area contributed by atoms with E-state index >= 15 is 0 Å². The molecule has 0 aliphatic heterocycles. The average Bonchev–Trinajstić information content (AvgIpc) is 2.19. The van der Waals surface area contributed by atoms with E-state index in [1.54, 1.807) is 0 Å². The lowest BCUT2D eigenvalue weighted by atomic mass is 10.1. The van der Waals surface area contributed by atoms with E-state index in [2.05, 4.69) is 12.1 Å². The first-order valence-corrected chi connectivity index (χ1v) is 5.21. The van der Waals surface area contributed by atoms with E-state index in [4.69, 9.17) is 16.6 Å². The third-order valence-electron chi connectivity index (χ3n) is 1.79. The fraction of sp³-hybridized carbons (Fsp3) is 0.417. The van der Waals surface area contributed by atoms with E-state index in [1.807, 2.05) is 25.1 Å². The van der Waals surface area contributed by atoms with E-state index in [0.29, 0.717) is 0 Å². The zero-order chi connectivity index (χ0) is 12.6. The molecule has 1 rings (SSSR count). The van der Waals surface area contributed by atoms with Gasteiger partial charge in [-0.1, -0.05) is 30.3 Å². The molecule has 0 aromatic heterocycles. The van der Waals surface area contributed by atoms with Crippen LogP contribution in [0.15, 0.2) is 30.3 Å². The number of carboxylic acids is 1. The highest BCUT2D eigenvalue weighted by Crippen LogP contribution is 2.00. The molecule has 16 heavy (non-hydrogen) atoms. The number of rotatable bonds is 3. The Hall–Kier alpha value is -1.39. The monoisotopic (exact) mass is 224 g/mol. The standard InChI is InChI=1S/C9H13N.C3H7NO2/c1-8(10)7-9-5-3-2-4-6-9;1-2(4)3(5)6/h2-6,8H,7,10H2,1H3;2H,4H2,1H3,(H,5,6). The predicted molar refractivity (Wildman–Crippen MR) is 65.1 cm³/mol. The number of hydrogen-bond acceptors (Lipinski definition) is 3. The maximum atomic E-state index is 9.57. The molecule has 90 valence electrons. The van der Waals surface area contributed by atoms with Gasteiger partial charge in [0.1, 0.15) is 6.04 Å². The van der Waals surface area contributed by atoms with Crippen LogP contribution in [0, 0.1) is 0 Å². The SMILES string of the molecule is CC(N)C(=O)O.CC(N)Cc1ccccc1. The van der Waals surface area contributed by atoms with E-state index in [9.17, 15) is 4.79 Å². The van der Waals surface area contributed by atoms with Crippen LogP contribution in [0.4, 0.5) is 0 Å². The van der Waals surface area contributed by atoms with Crippen LogP contribution < -0.4 is 11.5 Å². The van der Waals surface area contributed by atoms with Crippen molar-refractivity contribution in [2.45, 2.75) is 32.4 Å². The summed E-state index contributed by atoms with van der Waals surface area (Å²) in [6, 6.07) is 9.83. The van der Waals surface area contributed by atoms with Gasteiger partial charge in [0, 0.05) is 6.04 Å². The Balaban J connectivity index is 0.000000325. The molecular formula is C12H20N2O2. The summed E-state index contributed by atoms with van der Waals surface area (Å²) in [5.41, 5.74) is 11.8. The lowest BCUT2D eigenvalue weighted by molar-refractivity contribution is -0.138. The minimum Gasteiger partial charge on any atom is -0.480 e. The molecule has 0 radical (unpaired) electrons. The largest absolute Gasteiger partial charge is 0.480 e. The number of carboxylic acid groups (broad SMARTS) is 1. The Morgan fingerprint density at radius 2 is 1.69 bits per heavy atom. The highest BCUT2D eigenvalue weighted by atomic mass is 16.4. The summed E-state index contributed by atoms with van der Waals surface area (Å²) in [4.78, 5) is 9.57. The Labute approximate surface area is 96.3 Å². The van der Waals surface area contributed by atoms with Gasteiger partial charge in [-0.15, -0.1) is 0 Å². The van der Waals surface area contributed by atoms with Gasteiger partial charge in [0.2, 0.25) is 0 Å². The zero-order valence-corrected chi connectivity index (χ0v) is 9.76. The highest BCUT2D eigenvalue weighted by Gasteiger charge is 1.99. The third-order valence-corrected chi connectivity index (χ3v) is 1.79. The van der Waals surface area contributed by atoms with E-state index < -0.39 is 12.0 Å². The lowest BCUT2D eigenvalue weighted by Crippen LogP contribution is -2.25. The normalized spacial score (nSPS) is 13.2. The van der Waals surface area contributed by atoms with Gasteiger partial charge in [-0.2, -0.15) is 0 Å². The van der Waals surface area contributed by atoms with Crippen LogP contribution in [0.1, 0.15) is 19.4 Å². The Morgan fingerprint density at radius 1 is 1.25 bits per heavy atom. The van der Waals surface area contributed by atoms with Crippen LogP contribution in [-0.2, 0) is 11.2 Å². The fourth-order valence-electron chi connectivity index (χ4n) is 0.986. The molecule has 0 bridgehead atoms. The van der Waals surface area contributed by atoms with Gasteiger partial charge in [0.05, 0.1) is 0 Å². The molecule has 0 aliphatic carbocycles. The molecule has 1 aromatic rings. The molecule has 0 aliphatic rings. The van der Waals surface area contributed by atoms with Crippen LogP contribution in [0.5, 0.6) is 0 Å². The van der Waals surface area contributed by atoms with Crippen LogP contribution in [0.3, 0.4) is 0 Å². The minimum absolute atomic E-state index is 0.266. The quantitative estimate of drug-likeness (QED) is 0.714. The molecular weight excluding hydrogens is 204 g/mol. The van der Waals surface area contributed by atoms with Crippen molar-refractivity contribution in [1.29, 1.82) is 0 Å². The summed E-state index contributed by atoms with van der Waals surface area (Å²) in [6.45, 7) is 3.44. The van der Waals surface area contributed by atoms with Crippen molar-refractivity contribution in [2.24, 2.45) is 11.5 Å². The van der Waals surface area contributed by atoms with Crippen LogP contribution in [0.25, 0.3) is 0 Å². The Bertz CT molecular complexity index is 297. The van der Waals surface area contributed by atoms with Crippen molar-refractivity contribution in [3.8, 4) is 0 Å². The Morgan fingerprint density at radius 3 is 2.00 bits per heavy atom. The van der Waals surface area contributed by atoms with Crippen LogP contribution in [0.2, 0.25) is 0 Å². The molecule has 4 nitrogen and oxygen atoms in total. The van der Waals surface area contributed by atoms with E-state index in [1.165, 1.54) is 12.5 Å². The molecule has 5 N–H and O–H groups in total. The van der Waals surface area contributed by atoms with Crippen molar-refractivity contribution in [2.75, 3.05) is 0 Å². The van der Waals surface area contributed by atoms with Gasteiger partial charge in [0.25, 0.3) is 0 Å². The molecule has 0 heterocycles. The molecule has 0 spiro atoms. The Kier molecular flexibility index (Phi) is 7.16. The lowest BCUT2D eigenvalue weighted by Gasteiger charge is -2.02. The van der Waals surface area contributed by atoms with Crippen LogP contribution in [-0.4, -0.2) is 23.2 Å². The first-order valence-electron chi connectivity index (χ1n) is 5.21. The molecule has 1 aromatic carbocycles. The highest BCUT2D eigenvalue weighted by molar-refractivity contribution is 5.72. The maximum Gasteiger partial charge on any atom is 0.320 e. The first-order chi connectivity index (χ1) is 7.43. The number of hydrogen-bond donors (Lipinski definition) is 3. The number of nitrogens with two attached hydrogens (primary N) is 2. The zero-order valence-electron chi connectivity index (χ0n) is 9.76. The van der Waals surface area contributed by atoms with Crippen molar-refractivity contribution in [3.63, 3.8) is 0 Å². The first kappa shape index (κ1) is 14.6. The fourth-order valence-corrected chi connectivity index (χ4v) is 0.986. The number of aliphatic carboxylic acids is 1. The summed E-state index contributed by atoms with van der Waals surface area (Å²) < 4.78 is 0. The third kappa shape index (κ3) is 7.96. The van der Waals surface area contributed by atoms with E-state index in [-0.39, 0.29) is 6.04 Å². The number of carbonyl (C=O) groups is 1. The predicted octanol–water partition coefficient (Wildman–Crippen LogP) is 0.995. The van der Waals surface area contributed by atoms with Gasteiger partial charge in [-0.05, 0) is 25.8 Å². The van der Waals surface area contributed by atoms with Gasteiger partial charge < -0.3 is 16.6 Å². The summed E-state index contributed by atoms with van der Waals surface area (Å²) >= 11 is 0. The smallest absolute Gasteiger partial charge is 0.320 e. The second-order valence-corrected chi connectivity index (χ2v) is 3.79. The minimum atomic E-state index is -0.963.